The van der Waals surface area contributed by atoms with Gasteiger partial charge in [0.25, 0.3) is 0 Å². The molecule has 16 heavy (non-hydrogen) atoms. The van der Waals surface area contributed by atoms with Crippen LogP contribution in [-0.2, 0) is 14.3 Å². The van der Waals surface area contributed by atoms with Gasteiger partial charge in [-0.25, -0.2) is 0 Å². The highest BCUT2D eigenvalue weighted by Crippen LogP contribution is 2.46. The van der Waals surface area contributed by atoms with Crippen molar-refractivity contribution in [2.24, 2.45) is 5.41 Å². The minimum Gasteiger partial charge on any atom is -0.480 e. The molecule has 2 aliphatic rings. The molecule has 1 saturated carbocycles. The molecule has 2 unspecified atom stereocenters. The lowest BCUT2D eigenvalue weighted by atomic mass is 10.0. The fourth-order valence-corrected chi connectivity index (χ4v) is 2.10. The van der Waals surface area contributed by atoms with E-state index in [2.05, 4.69) is 5.32 Å². The second kappa shape index (κ2) is 4.05. The third-order valence-corrected chi connectivity index (χ3v) is 3.48. The van der Waals surface area contributed by atoms with Crippen LogP contribution in [0.2, 0.25) is 0 Å². The van der Waals surface area contributed by atoms with Crippen molar-refractivity contribution in [1.82, 2.24) is 5.32 Å². The summed E-state index contributed by atoms with van der Waals surface area (Å²) in [4.78, 5) is 22.7. The second-order valence-electron chi connectivity index (χ2n) is 4.70. The third-order valence-electron chi connectivity index (χ3n) is 3.48. The van der Waals surface area contributed by atoms with Crippen LogP contribution in [0.15, 0.2) is 0 Å². The Morgan fingerprint density at radius 3 is 2.62 bits per heavy atom. The lowest BCUT2D eigenvalue weighted by Crippen LogP contribution is -2.46. The number of amides is 1. The van der Waals surface area contributed by atoms with Gasteiger partial charge in [-0.1, -0.05) is 0 Å². The number of aliphatic carboxylic acids is 1. The van der Waals surface area contributed by atoms with Gasteiger partial charge in [-0.2, -0.15) is 0 Å². The molecule has 1 saturated heterocycles. The van der Waals surface area contributed by atoms with E-state index in [4.69, 9.17) is 9.84 Å². The molecule has 2 rings (SSSR count). The smallest absolute Gasteiger partial charge is 0.319 e. The predicted octanol–water partition coefficient (Wildman–Crippen LogP) is 0.535. The van der Waals surface area contributed by atoms with E-state index in [1.54, 1.807) is 0 Å². The number of nitrogens with one attached hydrogen (secondary N) is 1. The van der Waals surface area contributed by atoms with Crippen LogP contribution < -0.4 is 5.32 Å². The van der Waals surface area contributed by atoms with Crippen LogP contribution in [-0.4, -0.2) is 35.7 Å². The van der Waals surface area contributed by atoms with Gasteiger partial charge in [-0.05, 0) is 32.6 Å². The molecule has 0 radical (unpaired) electrons. The zero-order valence-electron chi connectivity index (χ0n) is 9.36. The summed E-state index contributed by atoms with van der Waals surface area (Å²) in [6, 6.07) is -0.105. The number of hydrogen-bond acceptors (Lipinski definition) is 3. The first-order valence-electron chi connectivity index (χ1n) is 5.72. The van der Waals surface area contributed by atoms with Gasteiger partial charge in [0.15, 0.2) is 0 Å². The maximum atomic E-state index is 11.8. The Balaban J connectivity index is 1.89. The maximum absolute atomic E-state index is 11.8. The molecule has 0 bridgehead atoms. The van der Waals surface area contributed by atoms with Crippen molar-refractivity contribution in [3.8, 4) is 0 Å². The van der Waals surface area contributed by atoms with Crippen LogP contribution in [0.5, 0.6) is 0 Å². The summed E-state index contributed by atoms with van der Waals surface area (Å²) in [5.41, 5.74) is -1.15. The Bertz CT molecular complexity index is 305. The van der Waals surface area contributed by atoms with E-state index in [0.717, 1.165) is 19.4 Å². The summed E-state index contributed by atoms with van der Waals surface area (Å²) in [5.74, 6) is -1.37. The molecule has 1 heterocycles. The van der Waals surface area contributed by atoms with Crippen LogP contribution in [0.3, 0.4) is 0 Å². The standard InChI is InChI=1S/C11H17NO4/c1-7(8-3-2-6-16-8)12-9(13)11(4-5-11)10(14)15/h7-8H,2-6H2,1H3,(H,12,13)(H,14,15). The zero-order chi connectivity index (χ0) is 11.8. The van der Waals surface area contributed by atoms with E-state index >= 15 is 0 Å². The molecule has 2 atom stereocenters. The number of carboxylic acids is 1. The minimum absolute atomic E-state index is 0.0357. The highest BCUT2D eigenvalue weighted by molar-refractivity contribution is 6.04. The Morgan fingerprint density at radius 1 is 1.50 bits per heavy atom. The molecule has 1 aliphatic carbocycles. The van der Waals surface area contributed by atoms with E-state index in [-0.39, 0.29) is 18.1 Å². The lowest BCUT2D eigenvalue weighted by Gasteiger charge is -2.21. The van der Waals surface area contributed by atoms with Crippen molar-refractivity contribution in [3.63, 3.8) is 0 Å². The van der Waals surface area contributed by atoms with Gasteiger partial charge in [0, 0.05) is 6.61 Å². The van der Waals surface area contributed by atoms with Gasteiger partial charge in [0.1, 0.15) is 5.41 Å². The molecule has 2 fully saturated rings. The Morgan fingerprint density at radius 2 is 2.19 bits per heavy atom. The van der Waals surface area contributed by atoms with E-state index < -0.39 is 11.4 Å². The van der Waals surface area contributed by atoms with Crippen molar-refractivity contribution < 1.29 is 19.4 Å². The van der Waals surface area contributed by atoms with Gasteiger partial charge in [-0.3, -0.25) is 9.59 Å². The summed E-state index contributed by atoms with van der Waals surface area (Å²) in [6.07, 6.45) is 2.88. The number of rotatable bonds is 4. The third kappa shape index (κ3) is 1.91. The molecular weight excluding hydrogens is 210 g/mol. The van der Waals surface area contributed by atoms with Gasteiger partial charge in [-0.15, -0.1) is 0 Å². The first-order valence-corrected chi connectivity index (χ1v) is 5.72. The fourth-order valence-electron chi connectivity index (χ4n) is 2.10. The van der Waals surface area contributed by atoms with Crippen molar-refractivity contribution >= 4 is 11.9 Å². The molecule has 1 aliphatic heterocycles. The summed E-state index contributed by atoms with van der Waals surface area (Å²) < 4.78 is 5.45. The summed E-state index contributed by atoms with van der Waals surface area (Å²) in [7, 11) is 0. The monoisotopic (exact) mass is 227 g/mol. The SMILES string of the molecule is CC(NC(=O)C1(C(=O)O)CC1)C1CCCO1. The van der Waals surface area contributed by atoms with Crippen LogP contribution in [0.25, 0.3) is 0 Å². The molecule has 90 valence electrons. The van der Waals surface area contributed by atoms with E-state index in [9.17, 15) is 9.59 Å². The first-order chi connectivity index (χ1) is 7.56. The average molecular weight is 227 g/mol. The Kier molecular flexibility index (Phi) is 2.88. The van der Waals surface area contributed by atoms with Crippen LogP contribution in [0, 0.1) is 5.41 Å². The predicted molar refractivity (Wildman–Crippen MR) is 55.9 cm³/mol. The van der Waals surface area contributed by atoms with Crippen molar-refractivity contribution in [1.29, 1.82) is 0 Å². The fraction of sp³-hybridized carbons (Fsp3) is 0.818. The van der Waals surface area contributed by atoms with Crippen LogP contribution in [0.1, 0.15) is 32.6 Å². The number of carbonyl (C=O) groups excluding carboxylic acids is 1. The molecule has 5 heteroatoms. The first kappa shape index (κ1) is 11.4. The summed E-state index contributed by atoms with van der Waals surface area (Å²) in [6.45, 7) is 2.60. The van der Waals surface area contributed by atoms with Gasteiger partial charge in [0.2, 0.25) is 5.91 Å². The van der Waals surface area contributed by atoms with Gasteiger partial charge in [0.05, 0.1) is 12.1 Å². The van der Waals surface area contributed by atoms with Crippen molar-refractivity contribution in [2.75, 3.05) is 6.61 Å². The Hall–Kier alpha value is -1.10. The van der Waals surface area contributed by atoms with Gasteiger partial charge >= 0.3 is 5.97 Å². The van der Waals surface area contributed by atoms with E-state index in [0.29, 0.717) is 12.8 Å². The van der Waals surface area contributed by atoms with E-state index in [1.807, 2.05) is 6.92 Å². The molecule has 1 amide bonds. The molecule has 0 spiro atoms. The quantitative estimate of drug-likeness (QED) is 0.687. The molecule has 0 aromatic carbocycles. The molecule has 0 aromatic heterocycles. The van der Waals surface area contributed by atoms with Crippen LogP contribution >= 0.6 is 0 Å². The Labute approximate surface area is 94.2 Å². The van der Waals surface area contributed by atoms with E-state index in [1.165, 1.54) is 0 Å². The number of carboxylic acid groups (broad SMARTS) is 1. The molecule has 5 nitrogen and oxygen atoms in total. The number of carbonyl (C=O) groups is 2. The van der Waals surface area contributed by atoms with Crippen molar-refractivity contribution in [3.05, 3.63) is 0 Å². The van der Waals surface area contributed by atoms with Gasteiger partial charge < -0.3 is 15.2 Å². The number of ether oxygens (including phenoxy) is 1. The summed E-state index contributed by atoms with van der Waals surface area (Å²) >= 11 is 0. The molecular formula is C11H17NO4. The highest BCUT2D eigenvalue weighted by Gasteiger charge is 2.57. The van der Waals surface area contributed by atoms with Crippen LogP contribution in [0.4, 0.5) is 0 Å². The normalized spacial score (nSPS) is 28.4. The topological polar surface area (TPSA) is 75.6 Å². The highest BCUT2D eigenvalue weighted by atomic mass is 16.5. The average Bonchev–Trinajstić information content (AvgIpc) is 2.87. The van der Waals surface area contributed by atoms with Crippen molar-refractivity contribution in [2.45, 2.75) is 44.8 Å². The summed E-state index contributed by atoms with van der Waals surface area (Å²) in [5, 5.41) is 11.7. The lowest BCUT2D eigenvalue weighted by molar-refractivity contribution is -0.149. The zero-order valence-corrected chi connectivity index (χ0v) is 9.36. The second-order valence-corrected chi connectivity index (χ2v) is 4.70. The molecule has 0 aromatic rings. The maximum Gasteiger partial charge on any atom is 0.319 e. The number of hydrogen-bond donors (Lipinski definition) is 2. The largest absolute Gasteiger partial charge is 0.480 e. The minimum atomic E-state index is -1.15. The molecule has 2 N–H and O–H groups in total.